The number of aliphatic hydroxyl groups is 1. The van der Waals surface area contributed by atoms with Gasteiger partial charge in [0.05, 0.1) is 29.7 Å². The van der Waals surface area contributed by atoms with Gasteiger partial charge >= 0.3 is 0 Å². The topological polar surface area (TPSA) is 84.7 Å². The highest BCUT2D eigenvalue weighted by Gasteiger charge is 2.36. The number of imide groups is 1. The molecule has 0 bridgehead atoms. The monoisotopic (exact) mass is 363 g/mol. The van der Waals surface area contributed by atoms with E-state index in [0.717, 1.165) is 4.90 Å². The van der Waals surface area contributed by atoms with Gasteiger partial charge in [0.25, 0.3) is 11.8 Å². The molecule has 0 spiro atoms. The van der Waals surface area contributed by atoms with E-state index in [9.17, 15) is 14.7 Å². The lowest BCUT2D eigenvalue weighted by molar-refractivity contribution is 0.0925. The third kappa shape index (κ3) is 3.32. The van der Waals surface area contributed by atoms with E-state index in [-0.39, 0.29) is 18.4 Å². The average molecular weight is 363 g/mol. The average Bonchev–Trinajstić information content (AvgIpc) is 3.28. The van der Waals surface area contributed by atoms with Crippen molar-refractivity contribution >= 4 is 17.5 Å². The Morgan fingerprint density at radius 2 is 1.67 bits per heavy atom. The summed E-state index contributed by atoms with van der Waals surface area (Å²) in [5, 5.41) is 10.0. The highest BCUT2D eigenvalue weighted by atomic mass is 16.5. The minimum atomic E-state index is -0.685. The fourth-order valence-electron chi connectivity index (χ4n) is 3.00. The molecular weight excluding hydrogens is 346 g/mol. The van der Waals surface area contributed by atoms with E-state index < -0.39 is 6.10 Å². The van der Waals surface area contributed by atoms with E-state index in [1.54, 1.807) is 71.8 Å². The molecule has 0 fully saturated rings. The van der Waals surface area contributed by atoms with Gasteiger partial charge < -0.3 is 14.4 Å². The maximum Gasteiger partial charge on any atom is 0.266 e. The first kappa shape index (κ1) is 17.0. The molecule has 7 nitrogen and oxygen atoms in total. The Balaban J connectivity index is 1.41. The van der Waals surface area contributed by atoms with Crippen molar-refractivity contribution < 1.29 is 19.4 Å². The van der Waals surface area contributed by atoms with Gasteiger partial charge in [-0.3, -0.25) is 9.59 Å². The number of anilines is 1. The number of fused-ring (bicyclic) bond motifs is 1. The zero-order valence-corrected chi connectivity index (χ0v) is 14.4. The van der Waals surface area contributed by atoms with Crippen LogP contribution >= 0.6 is 0 Å². The zero-order chi connectivity index (χ0) is 18.8. The summed E-state index contributed by atoms with van der Waals surface area (Å²) in [6.07, 6.45) is 4.35. The molecule has 1 aromatic heterocycles. The van der Waals surface area contributed by atoms with E-state index in [2.05, 4.69) is 4.98 Å². The van der Waals surface area contributed by atoms with Crippen LogP contribution in [0.15, 0.2) is 67.3 Å². The van der Waals surface area contributed by atoms with Crippen LogP contribution in [0.5, 0.6) is 5.75 Å². The second kappa shape index (κ2) is 7.05. The lowest BCUT2D eigenvalue weighted by atomic mass is 10.1. The third-order valence-corrected chi connectivity index (χ3v) is 4.31. The summed E-state index contributed by atoms with van der Waals surface area (Å²) in [6.45, 7) is 0.498. The Morgan fingerprint density at radius 1 is 1.00 bits per heavy atom. The Morgan fingerprint density at radius 3 is 2.26 bits per heavy atom. The molecule has 2 aromatic carbocycles. The molecule has 2 amide bonds. The van der Waals surface area contributed by atoms with Crippen LogP contribution in [-0.2, 0) is 6.54 Å². The number of aromatic nitrogens is 2. The van der Waals surface area contributed by atoms with Crippen molar-refractivity contribution in [2.24, 2.45) is 0 Å². The Hall–Kier alpha value is -3.45. The molecule has 7 heteroatoms. The second-order valence-corrected chi connectivity index (χ2v) is 6.21. The predicted molar refractivity (Wildman–Crippen MR) is 97.8 cm³/mol. The highest BCUT2D eigenvalue weighted by Crippen LogP contribution is 2.29. The minimum Gasteiger partial charge on any atom is -0.491 e. The van der Waals surface area contributed by atoms with Gasteiger partial charge in [-0.15, -0.1) is 0 Å². The largest absolute Gasteiger partial charge is 0.491 e. The van der Waals surface area contributed by atoms with Crippen molar-refractivity contribution in [1.29, 1.82) is 0 Å². The van der Waals surface area contributed by atoms with Crippen LogP contribution in [0.25, 0.3) is 0 Å². The van der Waals surface area contributed by atoms with Crippen molar-refractivity contribution in [3.05, 3.63) is 78.4 Å². The minimum absolute atomic E-state index is 0.116. The molecule has 1 aliphatic rings. The molecule has 1 N–H and O–H groups in total. The number of carbonyl (C=O) groups excluding carboxylic acids is 2. The van der Waals surface area contributed by atoms with E-state index >= 15 is 0 Å². The van der Waals surface area contributed by atoms with E-state index in [1.807, 2.05) is 0 Å². The SMILES string of the molecule is O=C1c2ccccc2C(=O)N1c1ccc(OCC(O)Cn2ccnc2)cc1. The van der Waals surface area contributed by atoms with Gasteiger partial charge in [0.2, 0.25) is 0 Å². The Labute approximate surface area is 155 Å². The maximum absolute atomic E-state index is 12.5. The summed E-state index contributed by atoms with van der Waals surface area (Å²) in [5.74, 6) is -0.125. The van der Waals surface area contributed by atoms with Gasteiger partial charge in [-0.1, -0.05) is 12.1 Å². The third-order valence-electron chi connectivity index (χ3n) is 4.31. The first-order chi connectivity index (χ1) is 13.1. The fourth-order valence-corrected chi connectivity index (χ4v) is 3.00. The molecule has 0 radical (unpaired) electrons. The molecule has 4 rings (SSSR count). The van der Waals surface area contributed by atoms with E-state index in [1.165, 1.54) is 0 Å². The number of imidazole rings is 1. The number of aliphatic hydroxyl groups excluding tert-OH is 1. The van der Waals surface area contributed by atoms with Crippen molar-refractivity contribution in [1.82, 2.24) is 9.55 Å². The molecule has 1 unspecified atom stereocenters. The molecule has 0 saturated carbocycles. The lowest BCUT2D eigenvalue weighted by Crippen LogP contribution is -2.29. The van der Waals surface area contributed by atoms with Gasteiger partial charge in [-0.05, 0) is 36.4 Å². The quantitative estimate of drug-likeness (QED) is 0.678. The summed E-state index contributed by atoms with van der Waals surface area (Å²) >= 11 is 0. The molecular formula is C20H17N3O4. The van der Waals surface area contributed by atoms with Crippen LogP contribution in [0.1, 0.15) is 20.7 Å². The van der Waals surface area contributed by atoms with Crippen LogP contribution < -0.4 is 9.64 Å². The number of carbonyl (C=O) groups is 2. The maximum atomic E-state index is 12.5. The van der Waals surface area contributed by atoms with E-state index in [4.69, 9.17) is 4.74 Å². The zero-order valence-electron chi connectivity index (χ0n) is 14.4. The van der Waals surface area contributed by atoms with Crippen molar-refractivity contribution in [3.8, 4) is 5.75 Å². The van der Waals surface area contributed by atoms with Crippen LogP contribution in [0.4, 0.5) is 5.69 Å². The van der Waals surface area contributed by atoms with Crippen LogP contribution in [0.3, 0.4) is 0 Å². The number of rotatable bonds is 6. The summed E-state index contributed by atoms with van der Waals surface area (Å²) in [7, 11) is 0. The summed E-state index contributed by atoms with van der Waals surface area (Å²) in [4.78, 5) is 30.1. The standard InChI is InChI=1S/C20H17N3O4/c24-15(11-22-10-9-21-13-22)12-27-16-7-5-14(6-8-16)23-19(25)17-3-1-2-4-18(17)20(23)26/h1-10,13,15,24H,11-12H2. The second-order valence-electron chi connectivity index (χ2n) is 6.21. The van der Waals surface area contributed by atoms with E-state index in [0.29, 0.717) is 29.1 Å². The Kier molecular flexibility index (Phi) is 4.43. The number of hydrogen-bond acceptors (Lipinski definition) is 5. The lowest BCUT2D eigenvalue weighted by Gasteiger charge is -2.16. The molecule has 2 heterocycles. The summed E-state index contributed by atoms with van der Waals surface area (Å²) < 4.78 is 7.34. The van der Waals surface area contributed by atoms with Crippen molar-refractivity contribution in [2.75, 3.05) is 11.5 Å². The van der Waals surface area contributed by atoms with Gasteiger partial charge in [0.15, 0.2) is 0 Å². The highest BCUT2D eigenvalue weighted by molar-refractivity contribution is 6.34. The van der Waals surface area contributed by atoms with Crippen LogP contribution in [0.2, 0.25) is 0 Å². The number of amides is 2. The first-order valence-electron chi connectivity index (χ1n) is 8.48. The normalized spacial score (nSPS) is 14.3. The Bertz CT molecular complexity index is 932. The number of benzene rings is 2. The molecule has 0 saturated heterocycles. The first-order valence-corrected chi connectivity index (χ1v) is 8.48. The predicted octanol–water partition coefficient (Wildman–Crippen LogP) is 2.12. The fraction of sp³-hybridized carbons (Fsp3) is 0.150. The van der Waals surface area contributed by atoms with Gasteiger partial charge in [0, 0.05) is 12.4 Å². The molecule has 136 valence electrons. The van der Waals surface area contributed by atoms with Gasteiger partial charge in [-0.25, -0.2) is 9.88 Å². The summed E-state index contributed by atoms with van der Waals surface area (Å²) in [6, 6.07) is 13.4. The molecule has 27 heavy (non-hydrogen) atoms. The van der Waals surface area contributed by atoms with Crippen LogP contribution in [0, 0.1) is 0 Å². The molecule has 0 aliphatic carbocycles. The van der Waals surface area contributed by atoms with Crippen molar-refractivity contribution in [3.63, 3.8) is 0 Å². The number of nitrogens with zero attached hydrogens (tertiary/aromatic N) is 3. The van der Waals surface area contributed by atoms with Gasteiger partial charge in [-0.2, -0.15) is 0 Å². The van der Waals surface area contributed by atoms with Crippen LogP contribution in [-0.4, -0.2) is 39.2 Å². The molecule has 3 aromatic rings. The molecule has 1 atom stereocenters. The van der Waals surface area contributed by atoms with Crippen molar-refractivity contribution in [2.45, 2.75) is 12.6 Å². The number of ether oxygens (including phenoxy) is 1. The molecule has 1 aliphatic heterocycles. The summed E-state index contributed by atoms with van der Waals surface area (Å²) in [5.41, 5.74) is 1.29. The number of hydrogen-bond donors (Lipinski definition) is 1. The smallest absolute Gasteiger partial charge is 0.266 e. The van der Waals surface area contributed by atoms with Gasteiger partial charge in [0.1, 0.15) is 18.5 Å².